The van der Waals surface area contributed by atoms with Crippen LogP contribution in [-0.4, -0.2) is 23.1 Å². The molecule has 2 amide bonds. The second-order valence-electron chi connectivity index (χ2n) is 4.65. The maximum absolute atomic E-state index is 11.8. The van der Waals surface area contributed by atoms with Crippen molar-refractivity contribution in [3.63, 3.8) is 0 Å². The first kappa shape index (κ1) is 14.1. The Balaban J connectivity index is 1.84. The van der Waals surface area contributed by atoms with Crippen LogP contribution in [0.15, 0.2) is 24.3 Å². The van der Waals surface area contributed by atoms with Gasteiger partial charge in [0.15, 0.2) is 0 Å². The molecule has 0 saturated heterocycles. The zero-order valence-electron chi connectivity index (χ0n) is 10.2. The number of hydrogen-bond acceptors (Lipinski definition) is 2. The lowest BCUT2D eigenvalue weighted by Gasteiger charge is -2.13. The number of carbonyl (C=O) groups is 2. The molecule has 1 aromatic rings. The van der Waals surface area contributed by atoms with Gasteiger partial charge >= 0.3 is 12.0 Å². The monoisotopic (exact) mass is 374 g/mol. The van der Waals surface area contributed by atoms with Crippen LogP contribution in [0.5, 0.6) is 0 Å². The van der Waals surface area contributed by atoms with Gasteiger partial charge in [0.05, 0.1) is 5.92 Å². The number of carboxylic acids is 1. The van der Waals surface area contributed by atoms with Crippen molar-refractivity contribution in [1.82, 2.24) is 5.32 Å². The van der Waals surface area contributed by atoms with Crippen molar-refractivity contribution < 1.29 is 14.7 Å². The minimum Gasteiger partial charge on any atom is -0.481 e. The van der Waals surface area contributed by atoms with Crippen molar-refractivity contribution in [2.24, 2.45) is 5.92 Å². The van der Waals surface area contributed by atoms with Crippen LogP contribution in [0.1, 0.15) is 19.3 Å². The van der Waals surface area contributed by atoms with Crippen LogP contribution in [-0.2, 0) is 4.79 Å². The van der Waals surface area contributed by atoms with Crippen LogP contribution >= 0.6 is 22.6 Å². The predicted octanol–water partition coefficient (Wildman–Crippen LogP) is 2.67. The summed E-state index contributed by atoms with van der Waals surface area (Å²) in [5, 5.41) is 14.5. The molecule has 2 unspecified atom stereocenters. The lowest BCUT2D eigenvalue weighted by molar-refractivity contribution is -0.141. The Morgan fingerprint density at radius 2 is 2.11 bits per heavy atom. The van der Waals surface area contributed by atoms with E-state index in [4.69, 9.17) is 5.11 Å². The van der Waals surface area contributed by atoms with Gasteiger partial charge in [0.1, 0.15) is 0 Å². The lowest BCUT2D eigenvalue weighted by Crippen LogP contribution is -2.36. The molecule has 5 nitrogen and oxygen atoms in total. The molecule has 0 radical (unpaired) electrons. The topological polar surface area (TPSA) is 78.4 Å². The molecule has 1 fully saturated rings. The smallest absolute Gasteiger partial charge is 0.319 e. The molecule has 0 spiro atoms. The van der Waals surface area contributed by atoms with Crippen LogP contribution in [0, 0.1) is 9.49 Å². The number of hydrogen-bond donors (Lipinski definition) is 3. The molecule has 6 heteroatoms. The highest BCUT2D eigenvalue weighted by Gasteiger charge is 2.30. The van der Waals surface area contributed by atoms with E-state index in [1.165, 1.54) is 0 Å². The molecule has 3 N–H and O–H groups in total. The van der Waals surface area contributed by atoms with Crippen molar-refractivity contribution in [2.45, 2.75) is 25.3 Å². The SMILES string of the molecule is O=C(Nc1cccc(I)c1)NC1CCC(C(=O)O)C1. The third kappa shape index (κ3) is 4.09. The van der Waals surface area contributed by atoms with Gasteiger partial charge in [-0.15, -0.1) is 0 Å². The standard InChI is InChI=1S/C13H15IN2O3/c14-9-2-1-3-10(7-9)15-13(19)16-11-5-4-8(6-11)12(17)18/h1-3,7-8,11H,4-6H2,(H,17,18)(H2,15,16,19). The number of benzene rings is 1. The Morgan fingerprint density at radius 1 is 1.32 bits per heavy atom. The number of nitrogens with one attached hydrogen (secondary N) is 2. The van der Waals surface area contributed by atoms with E-state index in [0.717, 1.165) is 15.7 Å². The number of carbonyl (C=O) groups excluding carboxylic acids is 1. The quantitative estimate of drug-likeness (QED) is 0.712. The van der Waals surface area contributed by atoms with E-state index >= 15 is 0 Å². The van der Waals surface area contributed by atoms with Gasteiger partial charge in [-0.05, 0) is 60.1 Å². The number of aliphatic carboxylic acids is 1. The number of anilines is 1. The van der Waals surface area contributed by atoms with Gasteiger partial charge in [0.25, 0.3) is 0 Å². The van der Waals surface area contributed by atoms with E-state index in [1.807, 2.05) is 24.3 Å². The largest absolute Gasteiger partial charge is 0.481 e. The fourth-order valence-electron chi connectivity index (χ4n) is 2.26. The van der Waals surface area contributed by atoms with Gasteiger partial charge in [-0.1, -0.05) is 6.07 Å². The number of carboxylic acid groups (broad SMARTS) is 1. The zero-order chi connectivity index (χ0) is 13.8. The molecule has 0 aliphatic heterocycles. The third-order valence-electron chi connectivity index (χ3n) is 3.20. The average Bonchev–Trinajstić information content (AvgIpc) is 2.77. The molecule has 1 aromatic carbocycles. The molecule has 0 aromatic heterocycles. The van der Waals surface area contributed by atoms with Crippen molar-refractivity contribution in [2.75, 3.05) is 5.32 Å². The van der Waals surface area contributed by atoms with E-state index in [-0.39, 0.29) is 18.0 Å². The van der Waals surface area contributed by atoms with Crippen LogP contribution in [0.25, 0.3) is 0 Å². The molecule has 19 heavy (non-hydrogen) atoms. The van der Waals surface area contributed by atoms with Gasteiger partial charge in [0.2, 0.25) is 0 Å². The Labute approximate surface area is 124 Å². The highest BCUT2D eigenvalue weighted by atomic mass is 127. The summed E-state index contributed by atoms with van der Waals surface area (Å²) < 4.78 is 1.04. The summed E-state index contributed by atoms with van der Waals surface area (Å²) >= 11 is 2.18. The Bertz CT molecular complexity index is 493. The molecule has 1 aliphatic carbocycles. The number of amides is 2. The fourth-order valence-corrected chi connectivity index (χ4v) is 2.80. The second kappa shape index (κ2) is 6.23. The summed E-state index contributed by atoms with van der Waals surface area (Å²) in [6, 6.07) is 7.17. The van der Waals surface area contributed by atoms with E-state index < -0.39 is 5.97 Å². The molecule has 1 saturated carbocycles. The van der Waals surface area contributed by atoms with Crippen molar-refractivity contribution in [1.29, 1.82) is 0 Å². The van der Waals surface area contributed by atoms with Gasteiger partial charge in [-0.3, -0.25) is 4.79 Å². The van der Waals surface area contributed by atoms with E-state index in [9.17, 15) is 9.59 Å². The van der Waals surface area contributed by atoms with E-state index in [2.05, 4.69) is 33.2 Å². The van der Waals surface area contributed by atoms with Crippen molar-refractivity contribution in [3.05, 3.63) is 27.8 Å². The summed E-state index contributed by atoms with van der Waals surface area (Å²) in [6.45, 7) is 0. The maximum atomic E-state index is 11.8. The Hall–Kier alpha value is -1.31. The number of urea groups is 1. The molecule has 2 rings (SSSR count). The molecule has 0 bridgehead atoms. The number of rotatable bonds is 3. The fraction of sp³-hybridized carbons (Fsp3) is 0.385. The first-order valence-electron chi connectivity index (χ1n) is 6.10. The molecule has 1 aliphatic rings. The molecular weight excluding hydrogens is 359 g/mol. The van der Waals surface area contributed by atoms with Gasteiger partial charge in [-0.25, -0.2) is 4.79 Å². The Kier molecular flexibility index (Phi) is 4.62. The van der Waals surface area contributed by atoms with Crippen LogP contribution in [0.2, 0.25) is 0 Å². The zero-order valence-corrected chi connectivity index (χ0v) is 12.4. The summed E-state index contributed by atoms with van der Waals surface area (Å²) in [7, 11) is 0. The minimum atomic E-state index is -0.776. The highest BCUT2D eigenvalue weighted by Crippen LogP contribution is 2.25. The molecule has 0 heterocycles. The van der Waals surface area contributed by atoms with Crippen LogP contribution < -0.4 is 10.6 Å². The van der Waals surface area contributed by atoms with Gasteiger partial charge in [0, 0.05) is 15.3 Å². The van der Waals surface area contributed by atoms with Crippen LogP contribution in [0.3, 0.4) is 0 Å². The maximum Gasteiger partial charge on any atom is 0.319 e. The average molecular weight is 374 g/mol. The second-order valence-corrected chi connectivity index (χ2v) is 5.90. The number of halogens is 1. The Morgan fingerprint density at radius 3 is 2.74 bits per heavy atom. The van der Waals surface area contributed by atoms with Crippen molar-refractivity contribution in [3.8, 4) is 0 Å². The highest BCUT2D eigenvalue weighted by molar-refractivity contribution is 14.1. The summed E-state index contributed by atoms with van der Waals surface area (Å²) in [6.07, 6.45) is 1.86. The predicted molar refractivity (Wildman–Crippen MR) is 80.1 cm³/mol. The van der Waals surface area contributed by atoms with Crippen molar-refractivity contribution >= 4 is 40.3 Å². The third-order valence-corrected chi connectivity index (χ3v) is 3.87. The van der Waals surface area contributed by atoms with Gasteiger partial charge < -0.3 is 15.7 Å². The normalized spacial score (nSPS) is 21.9. The summed E-state index contributed by atoms with van der Waals surface area (Å²) in [5.41, 5.74) is 0.734. The first-order chi connectivity index (χ1) is 9.04. The van der Waals surface area contributed by atoms with E-state index in [0.29, 0.717) is 12.8 Å². The molecular formula is C13H15IN2O3. The minimum absolute atomic E-state index is 0.0520. The summed E-state index contributed by atoms with van der Waals surface area (Å²) in [4.78, 5) is 22.6. The first-order valence-corrected chi connectivity index (χ1v) is 7.18. The van der Waals surface area contributed by atoms with Crippen LogP contribution in [0.4, 0.5) is 10.5 Å². The van der Waals surface area contributed by atoms with E-state index in [1.54, 1.807) is 0 Å². The van der Waals surface area contributed by atoms with Gasteiger partial charge in [-0.2, -0.15) is 0 Å². The molecule has 102 valence electrons. The summed E-state index contributed by atoms with van der Waals surface area (Å²) in [5.74, 6) is -1.11. The molecule has 2 atom stereocenters. The lowest BCUT2D eigenvalue weighted by atomic mass is 10.1.